The number of pyridine rings is 2. The zero-order valence-corrected chi connectivity index (χ0v) is 20.5. The first-order valence-electron chi connectivity index (χ1n) is 11.9. The van der Waals surface area contributed by atoms with E-state index in [1.165, 1.54) is 19.9 Å². The van der Waals surface area contributed by atoms with Gasteiger partial charge in [0.2, 0.25) is 5.91 Å². The molecule has 188 valence electrons. The van der Waals surface area contributed by atoms with Crippen LogP contribution < -0.4 is 16.0 Å². The molecule has 1 saturated carbocycles. The molecule has 1 aliphatic carbocycles. The van der Waals surface area contributed by atoms with Gasteiger partial charge in [-0.25, -0.2) is 18.6 Å². The Hall–Kier alpha value is -3.88. The Morgan fingerprint density at radius 2 is 1.75 bits per heavy atom. The van der Waals surface area contributed by atoms with Crippen LogP contribution in [0.25, 0.3) is 22.4 Å². The second-order valence-electron chi connectivity index (χ2n) is 9.62. The number of rotatable bonds is 8. The number of anilines is 2. The summed E-state index contributed by atoms with van der Waals surface area (Å²) in [5.41, 5.74) is 2.21. The molecule has 0 saturated heterocycles. The van der Waals surface area contributed by atoms with Crippen molar-refractivity contribution in [2.75, 3.05) is 17.2 Å². The summed E-state index contributed by atoms with van der Waals surface area (Å²) in [5.74, 6) is -0.0700. The van der Waals surface area contributed by atoms with E-state index >= 15 is 0 Å². The number of aromatic nitrogens is 2. The van der Waals surface area contributed by atoms with E-state index in [0.717, 1.165) is 29.5 Å². The number of aryl methyl sites for hydroxylation is 1. The zero-order valence-electron chi connectivity index (χ0n) is 20.5. The van der Waals surface area contributed by atoms with Crippen molar-refractivity contribution in [2.24, 2.45) is 5.92 Å². The molecular formula is C27H29F2N5O2. The Kier molecular flexibility index (Phi) is 7.28. The van der Waals surface area contributed by atoms with E-state index in [2.05, 4.69) is 25.9 Å². The molecule has 4 rings (SSSR count). The predicted octanol–water partition coefficient (Wildman–Crippen LogP) is 5.87. The first kappa shape index (κ1) is 25.2. The highest BCUT2D eigenvalue weighted by Crippen LogP contribution is 2.32. The monoisotopic (exact) mass is 493 g/mol. The number of alkyl halides is 1. The van der Waals surface area contributed by atoms with E-state index in [4.69, 9.17) is 0 Å². The molecular weight excluding hydrogens is 464 g/mol. The SMILES string of the molecule is Cc1cc(F)c(NC(=O)NCCC(C)(C)F)cc1-c1ccnc(-c2ccnc(NC(=O)C3CC3)c2)c1. The lowest BCUT2D eigenvalue weighted by Crippen LogP contribution is -2.32. The standard InChI is InChI=1S/C27H29F2N5O2/c1-16-12-21(28)23(33-26(36)32-11-8-27(2,3)29)15-20(16)18-6-9-30-22(13-18)19-7-10-31-24(14-19)34-25(35)17-4-5-17/h6-7,9-10,12-15,17H,4-5,8,11H2,1-3H3,(H,31,34,35)(H2,32,33,36). The molecule has 0 spiro atoms. The maximum absolute atomic E-state index is 14.6. The number of amides is 3. The van der Waals surface area contributed by atoms with Crippen LogP contribution in [0, 0.1) is 18.7 Å². The number of hydrogen-bond acceptors (Lipinski definition) is 4. The van der Waals surface area contributed by atoms with Gasteiger partial charge in [-0.15, -0.1) is 0 Å². The normalized spacial score (nSPS) is 13.2. The molecule has 36 heavy (non-hydrogen) atoms. The van der Waals surface area contributed by atoms with E-state index < -0.39 is 17.5 Å². The minimum Gasteiger partial charge on any atom is -0.338 e. The van der Waals surface area contributed by atoms with Crippen molar-refractivity contribution in [3.05, 3.63) is 60.2 Å². The molecule has 2 heterocycles. The highest BCUT2D eigenvalue weighted by atomic mass is 19.1. The summed E-state index contributed by atoms with van der Waals surface area (Å²) in [6.07, 6.45) is 5.21. The Morgan fingerprint density at radius 1 is 1.03 bits per heavy atom. The highest BCUT2D eigenvalue weighted by Gasteiger charge is 2.29. The number of carbonyl (C=O) groups is 2. The van der Waals surface area contributed by atoms with Gasteiger partial charge < -0.3 is 16.0 Å². The van der Waals surface area contributed by atoms with Crippen molar-refractivity contribution in [3.63, 3.8) is 0 Å². The second kappa shape index (κ2) is 10.4. The van der Waals surface area contributed by atoms with E-state index in [-0.39, 0.29) is 30.5 Å². The van der Waals surface area contributed by atoms with Crippen LogP contribution >= 0.6 is 0 Å². The van der Waals surface area contributed by atoms with Gasteiger partial charge in [-0.2, -0.15) is 0 Å². The molecule has 9 heteroatoms. The smallest absolute Gasteiger partial charge is 0.319 e. The number of urea groups is 1. The van der Waals surface area contributed by atoms with Crippen LogP contribution in [0.2, 0.25) is 0 Å². The first-order chi connectivity index (χ1) is 17.1. The van der Waals surface area contributed by atoms with Crippen molar-refractivity contribution in [1.82, 2.24) is 15.3 Å². The third-order valence-corrected chi connectivity index (χ3v) is 5.89. The second-order valence-corrected chi connectivity index (χ2v) is 9.62. The number of benzene rings is 1. The Labute approximate surface area is 208 Å². The third kappa shape index (κ3) is 6.62. The predicted molar refractivity (Wildman–Crippen MR) is 136 cm³/mol. The van der Waals surface area contributed by atoms with Crippen LogP contribution in [0.15, 0.2) is 48.8 Å². The van der Waals surface area contributed by atoms with Crippen molar-refractivity contribution in [1.29, 1.82) is 0 Å². The van der Waals surface area contributed by atoms with Gasteiger partial charge in [0.15, 0.2) is 0 Å². The molecule has 7 nitrogen and oxygen atoms in total. The molecule has 0 unspecified atom stereocenters. The van der Waals surface area contributed by atoms with Crippen LogP contribution in [0.4, 0.5) is 25.1 Å². The lowest BCUT2D eigenvalue weighted by molar-refractivity contribution is -0.117. The topological polar surface area (TPSA) is 96.0 Å². The molecule has 0 aliphatic heterocycles. The Morgan fingerprint density at radius 3 is 2.47 bits per heavy atom. The summed E-state index contributed by atoms with van der Waals surface area (Å²) in [4.78, 5) is 33.0. The molecule has 3 amide bonds. The van der Waals surface area contributed by atoms with Gasteiger partial charge in [0.25, 0.3) is 0 Å². The van der Waals surface area contributed by atoms with Crippen LogP contribution in [0.3, 0.4) is 0 Å². The van der Waals surface area contributed by atoms with Gasteiger partial charge in [0, 0.05) is 30.4 Å². The zero-order chi connectivity index (χ0) is 25.9. The molecule has 1 fully saturated rings. The largest absolute Gasteiger partial charge is 0.338 e. The van der Waals surface area contributed by atoms with Crippen LogP contribution in [0.1, 0.15) is 38.7 Å². The fourth-order valence-corrected chi connectivity index (χ4v) is 3.71. The molecule has 0 bridgehead atoms. The number of nitrogens with one attached hydrogen (secondary N) is 3. The Bertz CT molecular complexity index is 1290. The summed E-state index contributed by atoms with van der Waals surface area (Å²) < 4.78 is 28.2. The van der Waals surface area contributed by atoms with Crippen molar-refractivity contribution in [2.45, 2.75) is 45.7 Å². The quantitative estimate of drug-likeness (QED) is 0.366. The van der Waals surface area contributed by atoms with Crippen molar-refractivity contribution >= 4 is 23.4 Å². The number of nitrogens with zero attached hydrogens (tertiary/aromatic N) is 2. The summed E-state index contributed by atoms with van der Waals surface area (Å²) in [6, 6.07) is 9.53. The molecule has 2 aromatic heterocycles. The number of halogens is 2. The lowest BCUT2D eigenvalue weighted by atomic mass is 9.98. The summed E-state index contributed by atoms with van der Waals surface area (Å²) >= 11 is 0. The fourth-order valence-electron chi connectivity index (χ4n) is 3.71. The lowest BCUT2D eigenvalue weighted by Gasteiger charge is -2.15. The van der Waals surface area contributed by atoms with Gasteiger partial charge in [-0.1, -0.05) is 0 Å². The maximum Gasteiger partial charge on any atom is 0.319 e. The van der Waals surface area contributed by atoms with Gasteiger partial charge in [-0.3, -0.25) is 9.78 Å². The van der Waals surface area contributed by atoms with Crippen LogP contribution in [-0.2, 0) is 4.79 Å². The highest BCUT2D eigenvalue weighted by molar-refractivity contribution is 5.94. The van der Waals surface area contributed by atoms with Crippen molar-refractivity contribution in [3.8, 4) is 22.4 Å². The third-order valence-electron chi connectivity index (χ3n) is 5.89. The van der Waals surface area contributed by atoms with Crippen LogP contribution in [0.5, 0.6) is 0 Å². The molecule has 3 N–H and O–H groups in total. The van der Waals surface area contributed by atoms with Crippen molar-refractivity contribution < 1.29 is 18.4 Å². The fraction of sp³-hybridized carbons (Fsp3) is 0.333. The average Bonchev–Trinajstić information content (AvgIpc) is 3.66. The van der Waals surface area contributed by atoms with E-state index in [9.17, 15) is 18.4 Å². The first-order valence-corrected chi connectivity index (χ1v) is 11.9. The Balaban J connectivity index is 1.54. The van der Waals surface area contributed by atoms with Gasteiger partial charge >= 0.3 is 6.03 Å². The molecule has 1 aliphatic rings. The molecule has 1 aromatic carbocycles. The summed E-state index contributed by atoms with van der Waals surface area (Å²) in [5, 5.41) is 7.89. The minimum absolute atomic E-state index is 0.0138. The number of hydrogen-bond donors (Lipinski definition) is 3. The summed E-state index contributed by atoms with van der Waals surface area (Å²) in [7, 11) is 0. The van der Waals surface area contributed by atoms with Gasteiger partial charge in [-0.05, 0) is 93.1 Å². The average molecular weight is 494 g/mol. The van der Waals surface area contributed by atoms with Gasteiger partial charge in [0.05, 0.1) is 11.4 Å². The molecule has 3 aromatic rings. The van der Waals surface area contributed by atoms with Gasteiger partial charge in [0.1, 0.15) is 17.3 Å². The van der Waals surface area contributed by atoms with E-state index in [1.807, 2.05) is 6.07 Å². The molecule has 0 radical (unpaired) electrons. The maximum atomic E-state index is 14.6. The molecule has 0 atom stereocenters. The minimum atomic E-state index is -1.41. The number of carbonyl (C=O) groups excluding carboxylic acids is 2. The van der Waals surface area contributed by atoms with E-state index in [0.29, 0.717) is 17.1 Å². The summed E-state index contributed by atoms with van der Waals surface area (Å²) in [6.45, 7) is 4.76. The van der Waals surface area contributed by atoms with Crippen LogP contribution in [-0.4, -0.2) is 34.1 Å². The van der Waals surface area contributed by atoms with E-state index in [1.54, 1.807) is 43.6 Å².